The molecule has 8 heteroatoms. The van der Waals surface area contributed by atoms with Gasteiger partial charge in [-0.25, -0.2) is 0 Å². The minimum absolute atomic E-state index is 0.0226. The Balaban J connectivity index is 1.69. The van der Waals surface area contributed by atoms with Crippen molar-refractivity contribution >= 4 is 11.6 Å². The zero-order valence-corrected chi connectivity index (χ0v) is 13.7. The molecule has 0 atom stereocenters. The highest BCUT2D eigenvalue weighted by Gasteiger charge is 2.23. The van der Waals surface area contributed by atoms with E-state index in [1.54, 1.807) is 0 Å². The van der Waals surface area contributed by atoms with Crippen LogP contribution in [0, 0.1) is 29.4 Å². The van der Waals surface area contributed by atoms with E-state index in [0.29, 0.717) is 5.69 Å². The van der Waals surface area contributed by atoms with E-state index in [0.717, 1.165) is 32.1 Å². The van der Waals surface area contributed by atoms with Gasteiger partial charge in [-0.05, 0) is 37.1 Å². The van der Waals surface area contributed by atoms with Crippen LogP contribution in [0.4, 0.5) is 23.2 Å². The maximum absolute atomic E-state index is 13.6. The number of anilines is 1. The van der Waals surface area contributed by atoms with Gasteiger partial charge in [0, 0.05) is 11.6 Å². The van der Waals surface area contributed by atoms with Crippen LogP contribution in [0.3, 0.4) is 0 Å². The number of aromatic nitrogens is 1. The highest BCUT2D eigenvalue weighted by Crippen LogP contribution is 2.30. The second kappa shape index (κ2) is 7.72. The van der Waals surface area contributed by atoms with Crippen molar-refractivity contribution in [1.29, 1.82) is 0 Å². The summed E-state index contributed by atoms with van der Waals surface area (Å²) in [6.07, 6.45) is 4.90. The van der Waals surface area contributed by atoms with Gasteiger partial charge in [-0.1, -0.05) is 19.3 Å². The molecule has 0 saturated heterocycles. The minimum Gasteiger partial charge on any atom is -0.451 e. The molecule has 0 radical (unpaired) electrons. The molecule has 26 heavy (non-hydrogen) atoms. The summed E-state index contributed by atoms with van der Waals surface area (Å²) in [5.74, 6) is -8.40. The molecule has 4 nitrogen and oxygen atoms in total. The average molecular weight is 368 g/mol. The predicted molar refractivity (Wildman–Crippen MR) is 85.8 cm³/mol. The lowest BCUT2D eigenvalue weighted by Gasteiger charge is -2.20. The molecule has 1 aromatic heterocycles. The van der Waals surface area contributed by atoms with Gasteiger partial charge in [0.05, 0.1) is 0 Å². The highest BCUT2D eigenvalue weighted by molar-refractivity contribution is 5.92. The summed E-state index contributed by atoms with van der Waals surface area (Å²) in [7, 11) is 0. The Hall–Kier alpha value is -2.64. The molecule has 1 heterocycles. The van der Waals surface area contributed by atoms with Crippen LogP contribution in [-0.4, -0.2) is 10.9 Å². The monoisotopic (exact) mass is 368 g/mol. The Bertz CT molecular complexity index is 780. The van der Waals surface area contributed by atoms with Crippen LogP contribution in [0.25, 0.3) is 0 Å². The smallest absolute Gasteiger partial charge is 0.255 e. The zero-order chi connectivity index (χ0) is 18.7. The van der Waals surface area contributed by atoms with Crippen LogP contribution in [-0.2, 0) is 4.79 Å². The van der Waals surface area contributed by atoms with E-state index in [1.807, 2.05) is 0 Å². The molecule has 1 saturated carbocycles. The van der Waals surface area contributed by atoms with Gasteiger partial charge in [0.2, 0.25) is 23.3 Å². The summed E-state index contributed by atoms with van der Waals surface area (Å²) in [6.45, 7) is 0. The Morgan fingerprint density at radius 2 is 1.54 bits per heavy atom. The quantitative estimate of drug-likeness (QED) is 0.614. The second-order valence-corrected chi connectivity index (χ2v) is 6.10. The third-order valence-electron chi connectivity index (χ3n) is 4.27. The lowest BCUT2D eigenvalue weighted by molar-refractivity contribution is -0.120. The number of benzene rings is 1. The number of nitrogens with zero attached hydrogens (tertiary/aromatic N) is 1. The van der Waals surface area contributed by atoms with Gasteiger partial charge in [-0.15, -0.1) is 0 Å². The first kappa shape index (κ1) is 18.2. The van der Waals surface area contributed by atoms with E-state index in [9.17, 15) is 22.4 Å². The van der Waals surface area contributed by atoms with Gasteiger partial charge in [0.25, 0.3) is 11.9 Å². The van der Waals surface area contributed by atoms with Gasteiger partial charge in [0.15, 0.2) is 0 Å². The number of amides is 1. The largest absolute Gasteiger partial charge is 0.451 e. The first-order valence-corrected chi connectivity index (χ1v) is 8.24. The molecule has 0 aliphatic heterocycles. The number of hydrogen-bond acceptors (Lipinski definition) is 3. The van der Waals surface area contributed by atoms with Crippen molar-refractivity contribution in [1.82, 2.24) is 4.98 Å². The van der Waals surface area contributed by atoms with Gasteiger partial charge in [-0.2, -0.15) is 22.5 Å². The van der Waals surface area contributed by atoms with Crippen molar-refractivity contribution in [3.05, 3.63) is 47.8 Å². The summed E-state index contributed by atoms with van der Waals surface area (Å²) in [4.78, 5) is 14.6. The Morgan fingerprint density at radius 1 is 0.962 bits per heavy atom. The number of nitrogens with one attached hydrogen (secondary N) is 1. The fourth-order valence-electron chi connectivity index (χ4n) is 2.89. The molecule has 3 rings (SSSR count). The fourth-order valence-corrected chi connectivity index (χ4v) is 2.89. The standard InChI is InChI=1S/C18H16F4N2O2/c19-13-15(14(20)17(22)24-16(13)21)26-12-8-6-11(7-9-12)23-18(25)10-4-2-1-3-5-10/h6-10H,1-5H2,(H,23,25). The Labute approximate surface area is 147 Å². The summed E-state index contributed by atoms with van der Waals surface area (Å²) in [6, 6.07) is 5.59. The maximum Gasteiger partial charge on any atom is 0.255 e. The highest BCUT2D eigenvalue weighted by atomic mass is 19.2. The number of rotatable bonds is 4. The molecular weight excluding hydrogens is 352 g/mol. The molecule has 1 aliphatic rings. The third kappa shape index (κ3) is 3.95. The van der Waals surface area contributed by atoms with Gasteiger partial charge < -0.3 is 10.1 Å². The number of ether oxygens (including phenoxy) is 1. The van der Waals surface area contributed by atoms with Crippen LogP contribution in [0.2, 0.25) is 0 Å². The number of pyridine rings is 1. The van der Waals surface area contributed by atoms with Crippen molar-refractivity contribution in [3.8, 4) is 11.5 Å². The van der Waals surface area contributed by atoms with Crippen molar-refractivity contribution < 1.29 is 27.1 Å². The molecule has 1 aromatic carbocycles. The lowest BCUT2D eigenvalue weighted by atomic mass is 9.88. The first-order valence-electron chi connectivity index (χ1n) is 8.24. The number of hydrogen-bond donors (Lipinski definition) is 1. The first-order chi connectivity index (χ1) is 12.5. The van der Waals surface area contributed by atoms with E-state index >= 15 is 0 Å². The summed E-state index contributed by atoms with van der Waals surface area (Å²) < 4.78 is 58.2. The molecular formula is C18H16F4N2O2. The fraction of sp³-hybridized carbons (Fsp3) is 0.333. The van der Waals surface area contributed by atoms with Gasteiger partial charge in [-0.3, -0.25) is 4.79 Å². The average Bonchev–Trinajstić information content (AvgIpc) is 2.65. The lowest BCUT2D eigenvalue weighted by Crippen LogP contribution is -2.24. The predicted octanol–water partition coefficient (Wildman–Crippen LogP) is 4.95. The Morgan fingerprint density at radius 3 is 2.12 bits per heavy atom. The summed E-state index contributed by atoms with van der Waals surface area (Å²) >= 11 is 0. The normalized spacial score (nSPS) is 14.9. The van der Waals surface area contributed by atoms with Crippen molar-refractivity contribution in [2.45, 2.75) is 32.1 Å². The molecule has 0 spiro atoms. The molecule has 1 N–H and O–H groups in total. The third-order valence-corrected chi connectivity index (χ3v) is 4.27. The van der Waals surface area contributed by atoms with E-state index in [-0.39, 0.29) is 17.6 Å². The topological polar surface area (TPSA) is 51.2 Å². The number of halogens is 4. The Kier molecular flexibility index (Phi) is 5.39. The van der Waals surface area contributed by atoms with Crippen molar-refractivity contribution in [2.24, 2.45) is 5.92 Å². The summed E-state index contributed by atoms with van der Waals surface area (Å²) in [5.41, 5.74) is 0.487. The van der Waals surface area contributed by atoms with Crippen LogP contribution in [0.15, 0.2) is 24.3 Å². The number of carbonyl (C=O) groups excluding carboxylic acids is 1. The molecule has 0 bridgehead atoms. The van der Waals surface area contributed by atoms with Crippen LogP contribution < -0.4 is 10.1 Å². The molecule has 0 unspecified atom stereocenters. The van der Waals surface area contributed by atoms with Gasteiger partial charge >= 0.3 is 0 Å². The van der Waals surface area contributed by atoms with Crippen molar-refractivity contribution in [3.63, 3.8) is 0 Å². The van der Waals surface area contributed by atoms with E-state index in [1.165, 1.54) is 24.3 Å². The minimum atomic E-state index is -1.80. The maximum atomic E-state index is 13.6. The molecule has 2 aromatic rings. The van der Waals surface area contributed by atoms with Crippen LogP contribution in [0.1, 0.15) is 32.1 Å². The second-order valence-electron chi connectivity index (χ2n) is 6.10. The summed E-state index contributed by atoms with van der Waals surface area (Å²) in [5, 5.41) is 2.77. The van der Waals surface area contributed by atoms with Gasteiger partial charge in [0.1, 0.15) is 5.75 Å². The number of carbonyl (C=O) groups is 1. The van der Waals surface area contributed by atoms with Crippen LogP contribution in [0.5, 0.6) is 11.5 Å². The molecule has 1 fully saturated rings. The zero-order valence-electron chi connectivity index (χ0n) is 13.7. The van der Waals surface area contributed by atoms with Crippen LogP contribution >= 0.6 is 0 Å². The molecule has 1 aliphatic carbocycles. The van der Waals surface area contributed by atoms with E-state index in [2.05, 4.69) is 10.3 Å². The SMILES string of the molecule is O=C(Nc1ccc(Oc2c(F)c(F)nc(F)c2F)cc1)C1CCCCC1. The molecule has 1 amide bonds. The van der Waals surface area contributed by atoms with Crippen molar-refractivity contribution in [2.75, 3.05) is 5.32 Å². The van der Waals surface area contributed by atoms with E-state index < -0.39 is 29.3 Å². The molecule has 138 valence electrons. The van der Waals surface area contributed by atoms with E-state index in [4.69, 9.17) is 4.74 Å².